The highest BCUT2D eigenvalue weighted by atomic mass is 16.8. The van der Waals surface area contributed by atoms with Crippen molar-refractivity contribution in [3.05, 3.63) is 24.3 Å². The monoisotopic (exact) mass is 1570 g/mol. The summed E-state index contributed by atoms with van der Waals surface area (Å²) >= 11 is 0. The summed E-state index contributed by atoms with van der Waals surface area (Å²) in [6.45, 7) is 1.36. The van der Waals surface area contributed by atoms with Crippen LogP contribution >= 0.6 is 0 Å². The lowest BCUT2D eigenvalue weighted by Gasteiger charge is -2.50. The van der Waals surface area contributed by atoms with Gasteiger partial charge >= 0.3 is 0 Å². The highest BCUT2D eigenvalue weighted by Crippen LogP contribution is 2.37. The molecule has 18 N–H and O–H groups in total. The van der Waals surface area contributed by atoms with Crippen LogP contribution in [-0.4, -0.2) is 300 Å². The molecule has 5 heterocycles. The van der Waals surface area contributed by atoms with Gasteiger partial charge in [0.1, 0.15) is 122 Å². The number of unbranched alkanes of at least 4 members (excludes halogenated alkanes) is 30. The number of carbonyl (C=O) groups is 3. The molecule has 0 aromatic rings. The first-order chi connectivity index (χ1) is 52.6. The summed E-state index contributed by atoms with van der Waals surface area (Å²) in [5.41, 5.74) is 0. The quantitative estimate of drug-likeness (QED) is 0.0307. The van der Waals surface area contributed by atoms with E-state index in [9.17, 15) is 91.0 Å². The first-order valence-electron chi connectivity index (χ1n) is 41.1. The zero-order valence-electron chi connectivity index (χ0n) is 65.2. The molecular formula is C78H141N3O28. The lowest BCUT2D eigenvalue weighted by Crippen LogP contribution is -2.71. The number of aliphatic hydroxyl groups excluding tert-OH is 15. The fourth-order valence-corrected chi connectivity index (χ4v) is 14.7. The third kappa shape index (κ3) is 32.8. The van der Waals surface area contributed by atoms with Gasteiger partial charge < -0.3 is 140 Å². The van der Waals surface area contributed by atoms with Crippen LogP contribution in [0.2, 0.25) is 0 Å². The smallest absolute Gasteiger partial charge is 0.220 e. The molecule has 31 nitrogen and oxygen atoms in total. The topological polar surface area (TPSA) is 483 Å². The molecule has 5 saturated heterocycles. The second-order valence-electron chi connectivity index (χ2n) is 30.3. The Bertz CT molecular complexity index is 2460. The van der Waals surface area contributed by atoms with Crippen molar-refractivity contribution in [2.24, 2.45) is 0 Å². The van der Waals surface area contributed by atoms with Crippen molar-refractivity contribution < 1.29 is 138 Å². The van der Waals surface area contributed by atoms with E-state index in [1.807, 2.05) is 6.08 Å². The first kappa shape index (κ1) is 96.5. The van der Waals surface area contributed by atoms with Crippen molar-refractivity contribution in [1.29, 1.82) is 0 Å². The SMILES string of the molecule is CCCCCCCC/C=C\CCCCCCCCCCCCCCCC(=O)N[C@@H](CO[C@@H]1OC(CO)[C@@H](O[C@@H]2OC(CO)[C@H](O)[C@H](O[C@H]3OC(CO)[C@H](O)[C@H](O[C@@H]4OC(CO)[C@H](O)[C@H](O[C@H]5OC(CO)[C@H](O)[C@H](O)C5NC(C)=O)C4NC(C)=O)C3O)C2O)[C@H](O)C1O)[C@H](O)/C=C/CCCCCCCCCCCCC. The summed E-state index contributed by atoms with van der Waals surface area (Å²) in [7, 11) is 0. The first-order valence-corrected chi connectivity index (χ1v) is 41.1. The van der Waals surface area contributed by atoms with Crippen molar-refractivity contribution in [1.82, 2.24) is 16.0 Å². The number of allylic oxidation sites excluding steroid dienone is 3. The van der Waals surface area contributed by atoms with E-state index in [0.717, 1.165) is 65.2 Å². The van der Waals surface area contributed by atoms with E-state index >= 15 is 0 Å². The lowest BCUT2D eigenvalue weighted by atomic mass is 9.93. The average Bonchev–Trinajstić information content (AvgIpc) is 0.772. The van der Waals surface area contributed by atoms with Crippen LogP contribution in [0.3, 0.4) is 0 Å². The van der Waals surface area contributed by atoms with Gasteiger partial charge in [-0.15, -0.1) is 0 Å². The molecule has 0 radical (unpaired) electrons. The van der Waals surface area contributed by atoms with Crippen LogP contribution in [0.1, 0.15) is 246 Å². The highest BCUT2D eigenvalue weighted by molar-refractivity contribution is 5.76. The van der Waals surface area contributed by atoms with Gasteiger partial charge in [-0.2, -0.15) is 0 Å². The molecule has 5 rings (SSSR count). The Morgan fingerprint density at radius 1 is 0.358 bits per heavy atom. The summed E-state index contributed by atoms with van der Waals surface area (Å²) in [5, 5.41) is 175. The van der Waals surface area contributed by atoms with E-state index < -0.39 is 217 Å². The van der Waals surface area contributed by atoms with Crippen LogP contribution in [0, 0.1) is 0 Å². The van der Waals surface area contributed by atoms with E-state index in [0.29, 0.717) is 12.8 Å². The lowest BCUT2D eigenvalue weighted by molar-refractivity contribution is -0.389. The van der Waals surface area contributed by atoms with Crippen LogP contribution in [0.25, 0.3) is 0 Å². The van der Waals surface area contributed by atoms with Crippen LogP contribution in [0.4, 0.5) is 0 Å². The van der Waals surface area contributed by atoms with Crippen LogP contribution in [-0.2, 0) is 61.8 Å². The van der Waals surface area contributed by atoms with E-state index in [2.05, 4.69) is 41.9 Å². The van der Waals surface area contributed by atoms with Gasteiger partial charge in [0.15, 0.2) is 31.5 Å². The van der Waals surface area contributed by atoms with Gasteiger partial charge in [0.2, 0.25) is 17.7 Å². The molecule has 5 aliphatic rings. The van der Waals surface area contributed by atoms with E-state index in [1.165, 1.54) is 148 Å². The zero-order chi connectivity index (χ0) is 79.6. The Balaban J connectivity index is 1.18. The van der Waals surface area contributed by atoms with Crippen molar-refractivity contribution in [3.63, 3.8) is 0 Å². The molecule has 0 bridgehead atoms. The average molecular weight is 1570 g/mol. The largest absolute Gasteiger partial charge is 0.394 e. The van der Waals surface area contributed by atoms with E-state index in [4.69, 9.17) is 47.4 Å². The Kier molecular flexibility index (Phi) is 48.4. The number of ether oxygens (including phenoxy) is 10. The highest BCUT2D eigenvalue weighted by Gasteiger charge is 2.58. The minimum absolute atomic E-state index is 0.185. The molecule has 10 unspecified atom stereocenters. The number of carbonyl (C=O) groups excluding carboxylic acids is 3. The number of hydrogen-bond acceptors (Lipinski definition) is 28. The molecule has 5 aliphatic heterocycles. The van der Waals surface area contributed by atoms with Crippen molar-refractivity contribution in [2.45, 2.75) is 412 Å². The summed E-state index contributed by atoms with van der Waals surface area (Å²) in [6.07, 6.45) is 2.42. The number of nitrogens with one attached hydrogen (secondary N) is 3. The predicted octanol–water partition coefficient (Wildman–Crippen LogP) is 2.65. The molecule has 109 heavy (non-hydrogen) atoms. The van der Waals surface area contributed by atoms with Crippen molar-refractivity contribution in [2.75, 3.05) is 39.6 Å². The van der Waals surface area contributed by atoms with Gasteiger partial charge in [0, 0.05) is 20.3 Å². The van der Waals surface area contributed by atoms with Gasteiger partial charge in [-0.05, 0) is 44.9 Å². The Labute approximate surface area is 645 Å². The normalized spacial score (nSPS) is 33.7. The van der Waals surface area contributed by atoms with E-state index in [1.54, 1.807) is 6.08 Å². The van der Waals surface area contributed by atoms with Crippen LogP contribution in [0.15, 0.2) is 24.3 Å². The molecule has 3 amide bonds. The maximum atomic E-state index is 13.6. The standard InChI is InChI=1S/C78H141N3O28/c1-5-7-9-11-13-15-17-19-20-21-22-23-24-25-26-27-28-30-32-34-36-38-40-42-58(90)81-51(52(89)41-39-37-35-33-31-29-18-16-14-12-10-8-6-2)48-100-76-67(97)66(96)70(57(47-86)105-76)106-77-69(99)73(64(94)56(46-85)103-77)109-78-68(98)72(63(93)55(45-84)104-78)108-75-60(80-50(4)88)71(62(92)54(44-83)102-75)107-74-59(79-49(3)87)65(95)61(91)53(43-82)101-74/h19-20,39,41,51-57,59-78,82-86,89,91-99H,5-18,21-38,40,42-48H2,1-4H3,(H,79,87)(H,80,88)(H,81,90)/b20-19-,41-39+/t51-,52+,53?,54?,55?,56?,57?,59?,60?,61-,62-,63-,64-,65+,66+,67?,68?,69?,70+,71+,72-,73-,74+,75-,76+,77-,78+/m0/s1. The van der Waals surface area contributed by atoms with Crippen molar-refractivity contribution in [3.8, 4) is 0 Å². The Morgan fingerprint density at radius 2 is 0.697 bits per heavy atom. The summed E-state index contributed by atoms with van der Waals surface area (Å²) in [6, 6.07) is -4.37. The summed E-state index contributed by atoms with van der Waals surface area (Å²) in [4.78, 5) is 38.7. The van der Waals surface area contributed by atoms with Crippen LogP contribution < -0.4 is 16.0 Å². The number of rotatable bonds is 56. The second kappa shape index (κ2) is 54.7. The molecule has 0 aliphatic carbocycles. The maximum Gasteiger partial charge on any atom is 0.220 e. The van der Waals surface area contributed by atoms with Crippen LogP contribution in [0.5, 0.6) is 0 Å². The third-order valence-electron chi connectivity index (χ3n) is 21.3. The van der Waals surface area contributed by atoms with Gasteiger partial charge in [-0.3, -0.25) is 14.4 Å². The molecule has 0 aromatic carbocycles. The van der Waals surface area contributed by atoms with Gasteiger partial charge in [0.05, 0.1) is 51.8 Å². The van der Waals surface area contributed by atoms with Gasteiger partial charge in [-0.1, -0.05) is 205 Å². The molecule has 0 aromatic heterocycles. The fourth-order valence-electron chi connectivity index (χ4n) is 14.7. The van der Waals surface area contributed by atoms with Gasteiger partial charge in [-0.25, -0.2) is 0 Å². The molecule has 0 saturated carbocycles. The number of hydrogen-bond donors (Lipinski definition) is 18. The zero-order valence-corrected chi connectivity index (χ0v) is 65.2. The molecular weight excluding hydrogens is 1430 g/mol. The predicted molar refractivity (Wildman–Crippen MR) is 398 cm³/mol. The van der Waals surface area contributed by atoms with Crippen molar-refractivity contribution >= 4 is 17.7 Å². The number of aliphatic hydroxyl groups is 15. The maximum absolute atomic E-state index is 13.6. The second-order valence-corrected chi connectivity index (χ2v) is 30.3. The fraction of sp³-hybridized carbons (Fsp3) is 0.910. The Morgan fingerprint density at radius 3 is 1.13 bits per heavy atom. The molecule has 636 valence electrons. The summed E-state index contributed by atoms with van der Waals surface area (Å²) < 4.78 is 59.2. The third-order valence-corrected chi connectivity index (χ3v) is 21.3. The molecule has 27 atom stereocenters. The molecule has 5 fully saturated rings. The molecule has 31 heteroatoms. The minimum atomic E-state index is -2.24. The minimum Gasteiger partial charge on any atom is -0.394 e. The van der Waals surface area contributed by atoms with E-state index in [-0.39, 0.29) is 12.3 Å². The Hall–Kier alpha value is -3.11. The van der Waals surface area contributed by atoms with Gasteiger partial charge in [0.25, 0.3) is 0 Å². The molecule has 0 spiro atoms. The summed E-state index contributed by atoms with van der Waals surface area (Å²) in [5.74, 6) is -1.89. The number of amides is 3.